The summed E-state index contributed by atoms with van der Waals surface area (Å²) in [5.74, 6) is 1.15. The molecule has 6 nitrogen and oxygen atoms in total. The third kappa shape index (κ3) is 4.93. The number of anilines is 1. The lowest BCUT2D eigenvalue weighted by Gasteiger charge is -2.17. The van der Waals surface area contributed by atoms with E-state index in [9.17, 15) is 8.42 Å². The van der Waals surface area contributed by atoms with Crippen LogP contribution in [-0.4, -0.2) is 31.5 Å². The monoisotopic (exact) mass is 372 g/mol. The van der Waals surface area contributed by atoms with Crippen LogP contribution in [0.2, 0.25) is 0 Å². The summed E-state index contributed by atoms with van der Waals surface area (Å²) in [6.07, 6.45) is 4.45. The zero-order valence-electron chi connectivity index (χ0n) is 14.2. The van der Waals surface area contributed by atoms with E-state index in [-0.39, 0.29) is 5.75 Å². The average Bonchev–Trinajstić information content (AvgIpc) is 2.96. The van der Waals surface area contributed by atoms with E-state index >= 15 is 0 Å². The number of unbranched alkanes of at least 4 members (excludes halogenated alkanes) is 1. The van der Waals surface area contributed by atoms with Gasteiger partial charge in [-0.2, -0.15) is 8.42 Å². The average molecular weight is 372 g/mol. The highest BCUT2D eigenvalue weighted by Crippen LogP contribution is 2.38. The summed E-state index contributed by atoms with van der Waals surface area (Å²) < 4.78 is 36.4. The molecule has 7 heteroatoms. The largest absolute Gasteiger partial charge is 0.439 e. The van der Waals surface area contributed by atoms with Gasteiger partial charge in [0.05, 0.1) is 17.1 Å². The quantitative estimate of drug-likeness (QED) is 0.454. The summed E-state index contributed by atoms with van der Waals surface area (Å²) in [5.41, 5.74) is 1.78. The van der Waals surface area contributed by atoms with Crippen LogP contribution < -0.4 is 9.64 Å². The van der Waals surface area contributed by atoms with E-state index in [1.165, 1.54) is 0 Å². The molecule has 1 aliphatic rings. The molecule has 0 amide bonds. The molecule has 1 N–H and O–H groups in total. The fraction of sp³-hybridized carbons (Fsp3) is 0.211. The topological polar surface area (TPSA) is 79.2 Å². The fourth-order valence-electron chi connectivity index (χ4n) is 2.66. The lowest BCUT2D eigenvalue weighted by molar-refractivity contribution is 0.438. The molecule has 0 bridgehead atoms. The van der Waals surface area contributed by atoms with Gasteiger partial charge >= 0.3 is 0 Å². The molecule has 0 aliphatic carbocycles. The molecule has 2 aromatic carbocycles. The van der Waals surface area contributed by atoms with Gasteiger partial charge in [0.1, 0.15) is 0 Å². The molecule has 2 aromatic rings. The molecule has 0 atom stereocenters. The van der Waals surface area contributed by atoms with E-state index < -0.39 is 10.1 Å². The molecule has 1 heterocycles. The van der Waals surface area contributed by atoms with Gasteiger partial charge in [0.15, 0.2) is 5.75 Å². The molecule has 3 rings (SSSR count). The zero-order chi connectivity index (χ0) is 18.4. The van der Waals surface area contributed by atoms with Crippen molar-refractivity contribution in [1.29, 1.82) is 0 Å². The zero-order valence-corrected chi connectivity index (χ0v) is 15.0. The van der Waals surface area contributed by atoms with Gasteiger partial charge in [-0.1, -0.05) is 30.3 Å². The smallest absolute Gasteiger partial charge is 0.264 e. The van der Waals surface area contributed by atoms with Crippen LogP contribution in [-0.2, 0) is 10.1 Å². The SMILES string of the molecule is O=S(=O)(O)CCCCN1/C(=C/C=Nc2ccccc2)Oc2ccccc21. The van der Waals surface area contributed by atoms with Crippen molar-refractivity contribution in [1.82, 2.24) is 0 Å². The van der Waals surface area contributed by atoms with E-state index in [1.807, 2.05) is 59.5 Å². The van der Waals surface area contributed by atoms with E-state index in [4.69, 9.17) is 9.29 Å². The van der Waals surface area contributed by atoms with Crippen LogP contribution in [0.5, 0.6) is 5.75 Å². The van der Waals surface area contributed by atoms with Gasteiger partial charge in [0, 0.05) is 18.8 Å². The maximum Gasteiger partial charge on any atom is 0.264 e. The number of para-hydroxylation sites is 3. The summed E-state index contributed by atoms with van der Waals surface area (Å²) in [6.45, 7) is 0.581. The van der Waals surface area contributed by atoms with E-state index in [1.54, 1.807) is 12.3 Å². The molecule has 0 saturated carbocycles. The number of ether oxygens (including phenoxy) is 1. The van der Waals surface area contributed by atoms with Gasteiger partial charge in [-0.25, -0.2) is 0 Å². The maximum atomic E-state index is 10.9. The Hall–Kier alpha value is -2.64. The second kappa shape index (κ2) is 8.16. The van der Waals surface area contributed by atoms with Crippen LogP contribution >= 0.6 is 0 Å². The van der Waals surface area contributed by atoms with Gasteiger partial charge in [-0.3, -0.25) is 9.55 Å². The first-order valence-corrected chi connectivity index (χ1v) is 9.93. The van der Waals surface area contributed by atoms with Crippen LogP contribution in [0.25, 0.3) is 0 Å². The van der Waals surface area contributed by atoms with Crippen LogP contribution in [0.15, 0.2) is 71.5 Å². The second-order valence-electron chi connectivity index (χ2n) is 5.83. The highest BCUT2D eigenvalue weighted by molar-refractivity contribution is 7.85. The van der Waals surface area contributed by atoms with Crippen molar-refractivity contribution in [2.75, 3.05) is 17.2 Å². The minimum Gasteiger partial charge on any atom is -0.439 e. The van der Waals surface area contributed by atoms with Gasteiger partial charge in [-0.15, -0.1) is 0 Å². The number of aliphatic imine (C=N–C) groups is 1. The van der Waals surface area contributed by atoms with Crippen LogP contribution in [0.1, 0.15) is 12.8 Å². The number of hydrogen-bond donors (Lipinski definition) is 1. The fourth-order valence-corrected chi connectivity index (χ4v) is 3.23. The predicted octanol–water partition coefficient (Wildman–Crippen LogP) is 3.80. The Morgan fingerprint density at radius 2 is 1.77 bits per heavy atom. The number of rotatable bonds is 7. The number of nitrogens with zero attached hydrogens (tertiary/aromatic N) is 2. The van der Waals surface area contributed by atoms with Crippen molar-refractivity contribution in [3.05, 3.63) is 66.6 Å². The van der Waals surface area contributed by atoms with Crippen LogP contribution in [0.3, 0.4) is 0 Å². The van der Waals surface area contributed by atoms with E-state index in [2.05, 4.69) is 4.99 Å². The molecule has 136 valence electrons. The standard InChI is InChI=1S/C19H20N2O4S/c22-26(23,24)15-7-6-14-21-17-10-4-5-11-18(17)25-19(21)12-13-20-16-8-2-1-3-9-16/h1-5,8-13H,6-7,14-15H2,(H,22,23,24)/b19-12-,20-13?. The summed E-state index contributed by atoms with van der Waals surface area (Å²) in [6, 6.07) is 17.3. The minimum absolute atomic E-state index is 0.238. The Bertz CT molecular complexity index is 908. The molecule has 0 aromatic heterocycles. The number of fused-ring (bicyclic) bond motifs is 1. The highest BCUT2D eigenvalue weighted by Gasteiger charge is 2.25. The van der Waals surface area contributed by atoms with Gasteiger partial charge in [0.25, 0.3) is 10.1 Å². The second-order valence-corrected chi connectivity index (χ2v) is 7.41. The third-order valence-corrected chi connectivity index (χ3v) is 4.67. The van der Waals surface area contributed by atoms with Gasteiger partial charge < -0.3 is 9.64 Å². The highest BCUT2D eigenvalue weighted by atomic mass is 32.2. The first-order valence-electron chi connectivity index (χ1n) is 8.32. The third-order valence-electron chi connectivity index (χ3n) is 3.87. The van der Waals surface area contributed by atoms with E-state index in [0.717, 1.165) is 17.1 Å². The van der Waals surface area contributed by atoms with Crippen molar-refractivity contribution >= 4 is 27.7 Å². The van der Waals surface area contributed by atoms with Gasteiger partial charge in [0.2, 0.25) is 5.88 Å². The van der Waals surface area contributed by atoms with Crippen LogP contribution in [0.4, 0.5) is 11.4 Å². The van der Waals surface area contributed by atoms with Crippen molar-refractivity contribution < 1.29 is 17.7 Å². The molecule has 0 radical (unpaired) electrons. The summed E-state index contributed by atoms with van der Waals surface area (Å²) >= 11 is 0. The molecule has 0 spiro atoms. The maximum absolute atomic E-state index is 10.9. The first kappa shape index (κ1) is 18.2. The molecule has 26 heavy (non-hydrogen) atoms. The Balaban J connectivity index is 1.71. The normalized spacial score (nSPS) is 15.4. The summed E-state index contributed by atoms with van der Waals surface area (Å²) in [7, 11) is -3.92. The van der Waals surface area contributed by atoms with Crippen LogP contribution in [0, 0.1) is 0 Å². The summed E-state index contributed by atoms with van der Waals surface area (Å²) in [4.78, 5) is 6.36. The molecule has 0 unspecified atom stereocenters. The number of benzene rings is 2. The lowest BCUT2D eigenvalue weighted by Crippen LogP contribution is -2.22. The summed E-state index contributed by atoms with van der Waals surface area (Å²) in [5, 5.41) is 0. The Morgan fingerprint density at radius 1 is 1.04 bits per heavy atom. The molecule has 1 aliphatic heterocycles. The molecule has 0 saturated heterocycles. The van der Waals surface area contributed by atoms with Crippen molar-refractivity contribution in [3.63, 3.8) is 0 Å². The Labute approximate surface area is 153 Å². The van der Waals surface area contributed by atoms with Gasteiger partial charge in [-0.05, 0) is 37.1 Å². The Kier molecular flexibility index (Phi) is 5.70. The molecular weight excluding hydrogens is 352 g/mol. The Morgan fingerprint density at radius 3 is 2.54 bits per heavy atom. The number of allylic oxidation sites excluding steroid dienone is 1. The molecular formula is C19H20N2O4S. The first-order chi connectivity index (χ1) is 12.5. The molecule has 0 fully saturated rings. The van der Waals surface area contributed by atoms with Crippen molar-refractivity contribution in [2.24, 2.45) is 4.99 Å². The van der Waals surface area contributed by atoms with Crippen molar-refractivity contribution in [3.8, 4) is 5.75 Å². The number of hydrogen-bond acceptors (Lipinski definition) is 5. The van der Waals surface area contributed by atoms with E-state index in [0.29, 0.717) is 25.3 Å². The van der Waals surface area contributed by atoms with Crippen molar-refractivity contribution in [2.45, 2.75) is 12.8 Å². The minimum atomic E-state index is -3.92. The predicted molar refractivity (Wildman–Crippen MR) is 103 cm³/mol. The lowest BCUT2D eigenvalue weighted by atomic mass is 10.2.